The molecule has 0 amide bonds. The second-order valence-electron chi connectivity index (χ2n) is 7.47. The van der Waals surface area contributed by atoms with E-state index in [1.54, 1.807) is 11.1 Å². The molecule has 0 radical (unpaired) electrons. The molecule has 2 rings (SSSR count). The van der Waals surface area contributed by atoms with Gasteiger partial charge in [0.2, 0.25) is 0 Å². The molecule has 1 nitrogen and oxygen atoms in total. The molecule has 1 aliphatic heterocycles. The molecule has 0 saturated heterocycles. The van der Waals surface area contributed by atoms with Crippen molar-refractivity contribution in [2.24, 2.45) is 0 Å². The van der Waals surface area contributed by atoms with Crippen molar-refractivity contribution in [2.75, 3.05) is 13.6 Å². The summed E-state index contributed by atoms with van der Waals surface area (Å²) >= 11 is 0. The molecule has 1 unspecified atom stereocenters. The van der Waals surface area contributed by atoms with Crippen molar-refractivity contribution in [1.82, 2.24) is 4.90 Å². The lowest BCUT2D eigenvalue weighted by Gasteiger charge is -2.35. The minimum absolute atomic E-state index is 0.582. The van der Waals surface area contributed by atoms with E-state index in [2.05, 4.69) is 62.4 Å². The van der Waals surface area contributed by atoms with Crippen LogP contribution in [0.4, 0.5) is 0 Å². The summed E-state index contributed by atoms with van der Waals surface area (Å²) in [5, 5.41) is 0. The molecule has 0 aliphatic carbocycles. The topological polar surface area (TPSA) is 3.24 Å². The van der Waals surface area contributed by atoms with Gasteiger partial charge in [-0.05, 0) is 43.5 Å². The number of hydrogen-bond donors (Lipinski definition) is 0. The third-order valence-electron chi connectivity index (χ3n) is 4.23. The highest BCUT2D eigenvalue weighted by molar-refractivity contribution is 6.76. The van der Waals surface area contributed by atoms with Gasteiger partial charge in [-0.25, -0.2) is 0 Å². The zero-order valence-corrected chi connectivity index (χ0v) is 14.6. The monoisotopic (exact) mass is 287 g/mol. The average molecular weight is 288 g/mol. The highest BCUT2D eigenvalue weighted by Crippen LogP contribution is 2.33. The fourth-order valence-electron chi connectivity index (χ4n) is 3.33. The molecule has 20 heavy (non-hydrogen) atoms. The molecule has 0 fully saturated rings. The van der Waals surface area contributed by atoms with Crippen LogP contribution in [-0.2, 0) is 6.42 Å². The Bertz CT molecular complexity index is 473. The molecule has 1 heterocycles. The van der Waals surface area contributed by atoms with Crippen LogP contribution < -0.4 is 0 Å². The maximum atomic E-state index is 4.32. The zero-order valence-electron chi connectivity index (χ0n) is 13.6. The quantitative estimate of drug-likeness (QED) is 0.550. The van der Waals surface area contributed by atoms with Crippen LogP contribution in [0.25, 0.3) is 0 Å². The molecule has 0 saturated carbocycles. The Morgan fingerprint density at radius 1 is 1.30 bits per heavy atom. The molecule has 1 aliphatic rings. The van der Waals surface area contributed by atoms with E-state index in [4.69, 9.17) is 0 Å². The standard InChI is InChI=1S/C18H29NSi/c1-15(14-20(3,4)5)10-11-18-17-9-7-6-8-16(17)12-13-19(18)2/h6-9,18H,1,10-14H2,2-5H3. The van der Waals surface area contributed by atoms with Gasteiger partial charge in [0.05, 0.1) is 0 Å². The summed E-state index contributed by atoms with van der Waals surface area (Å²) in [5.41, 5.74) is 4.55. The Kier molecular flexibility index (Phi) is 4.87. The highest BCUT2D eigenvalue weighted by Gasteiger charge is 2.24. The van der Waals surface area contributed by atoms with Gasteiger partial charge in [-0.15, -0.1) is 6.58 Å². The SMILES string of the molecule is C=C(CCC1c2ccccc2CCN1C)C[Si](C)(C)C. The van der Waals surface area contributed by atoms with Crippen LogP contribution in [-0.4, -0.2) is 26.6 Å². The van der Waals surface area contributed by atoms with Crippen molar-refractivity contribution in [1.29, 1.82) is 0 Å². The summed E-state index contributed by atoms with van der Waals surface area (Å²) in [6.45, 7) is 12.8. The Hall–Kier alpha value is -0.863. The van der Waals surface area contributed by atoms with Gasteiger partial charge < -0.3 is 0 Å². The second kappa shape index (κ2) is 6.27. The predicted molar refractivity (Wildman–Crippen MR) is 92.0 cm³/mol. The first-order chi connectivity index (χ1) is 9.37. The first-order valence-electron chi connectivity index (χ1n) is 7.81. The summed E-state index contributed by atoms with van der Waals surface area (Å²) in [7, 11) is 1.26. The van der Waals surface area contributed by atoms with Gasteiger partial charge in [-0.2, -0.15) is 0 Å². The Morgan fingerprint density at radius 3 is 2.70 bits per heavy atom. The van der Waals surface area contributed by atoms with Crippen molar-refractivity contribution in [3.8, 4) is 0 Å². The van der Waals surface area contributed by atoms with Gasteiger partial charge >= 0.3 is 0 Å². The van der Waals surface area contributed by atoms with Gasteiger partial charge in [-0.3, -0.25) is 4.90 Å². The van der Waals surface area contributed by atoms with E-state index in [0.29, 0.717) is 6.04 Å². The lowest BCUT2D eigenvalue weighted by molar-refractivity contribution is 0.219. The third kappa shape index (κ3) is 4.06. The number of likely N-dealkylation sites (N-methyl/N-ethyl adjacent to an activating group) is 1. The second-order valence-corrected chi connectivity index (χ2v) is 12.9. The lowest BCUT2D eigenvalue weighted by Crippen LogP contribution is -2.32. The molecule has 1 aromatic carbocycles. The average Bonchev–Trinajstić information content (AvgIpc) is 2.35. The van der Waals surface area contributed by atoms with E-state index >= 15 is 0 Å². The Labute approximate surface area is 125 Å². The number of hydrogen-bond acceptors (Lipinski definition) is 1. The fraction of sp³-hybridized carbons (Fsp3) is 0.556. The van der Waals surface area contributed by atoms with Crippen LogP contribution in [0.1, 0.15) is 30.0 Å². The number of fused-ring (bicyclic) bond motifs is 1. The summed E-state index contributed by atoms with van der Waals surface area (Å²) in [6.07, 6.45) is 3.59. The van der Waals surface area contributed by atoms with E-state index in [0.717, 1.165) is 0 Å². The third-order valence-corrected chi connectivity index (χ3v) is 5.79. The van der Waals surface area contributed by atoms with Crippen LogP contribution in [0.2, 0.25) is 25.7 Å². The van der Waals surface area contributed by atoms with Gasteiger partial charge in [0.15, 0.2) is 0 Å². The molecule has 1 atom stereocenters. The summed E-state index contributed by atoms with van der Waals surface area (Å²) in [4.78, 5) is 2.52. The van der Waals surface area contributed by atoms with Crippen molar-refractivity contribution in [3.63, 3.8) is 0 Å². The first-order valence-corrected chi connectivity index (χ1v) is 11.5. The number of rotatable bonds is 5. The van der Waals surface area contributed by atoms with Crippen LogP contribution in [0.3, 0.4) is 0 Å². The van der Waals surface area contributed by atoms with E-state index in [-0.39, 0.29) is 0 Å². The van der Waals surface area contributed by atoms with Gasteiger partial charge in [0.25, 0.3) is 0 Å². The minimum Gasteiger partial charge on any atom is -0.299 e. The summed E-state index contributed by atoms with van der Waals surface area (Å²) in [6, 6.07) is 10.8. The zero-order chi connectivity index (χ0) is 14.8. The summed E-state index contributed by atoms with van der Waals surface area (Å²) in [5.74, 6) is 0. The normalized spacial score (nSPS) is 19.7. The molecule has 110 valence electrons. The van der Waals surface area contributed by atoms with Crippen LogP contribution in [0.15, 0.2) is 36.4 Å². The van der Waals surface area contributed by atoms with Gasteiger partial charge in [0.1, 0.15) is 0 Å². The minimum atomic E-state index is -1.01. The Balaban J connectivity index is 2.00. The predicted octanol–water partition coefficient (Wildman–Crippen LogP) is 4.89. The number of nitrogens with zero attached hydrogens (tertiary/aromatic N) is 1. The first kappa shape index (κ1) is 15.5. The van der Waals surface area contributed by atoms with E-state index < -0.39 is 8.07 Å². The maximum Gasteiger partial charge on any atom is 0.0483 e. The molecule has 0 bridgehead atoms. The van der Waals surface area contributed by atoms with Gasteiger partial charge in [0, 0.05) is 20.7 Å². The number of allylic oxidation sites excluding steroid dienone is 1. The van der Waals surface area contributed by atoms with Crippen LogP contribution in [0, 0.1) is 0 Å². The maximum absolute atomic E-state index is 4.32. The molecule has 2 heteroatoms. The molecule has 0 aromatic heterocycles. The van der Waals surface area contributed by atoms with Crippen LogP contribution >= 0.6 is 0 Å². The molecule has 1 aromatic rings. The molecular weight excluding hydrogens is 258 g/mol. The van der Waals surface area contributed by atoms with Crippen molar-refractivity contribution < 1.29 is 0 Å². The smallest absolute Gasteiger partial charge is 0.0483 e. The summed E-state index contributed by atoms with van der Waals surface area (Å²) < 4.78 is 0. The molecular formula is C18H29NSi. The van der Waals surface area contributed by atoms with Gasteiger partial charge in [-0.1, -0.05) is 49.5 Å². The van der Waals surface area contributed by atoms with Crippen molar-refractivity contribution in [3.05, 3.63) is 47.5 Å². The van der Waals surface area contributed by atoms with E-state index in [9.17, 15) is 0 Å². The van der Waals surface area contributed by atoms with Crippen LogP contribution in [0.5, 0.6) is 0 Å². The number of benzene rings is 1. The molecule has 0 N–H and O–H groups in total. The lowest BCUT2D eigenvalue weighted by atomic mass is 9.89. The van der Waals surface area contributed by atoms with E-state index in [1.807, 2.05) is 0 Å². The van der Waals surface area contributed by atoms with Crippen molar-refractivity contribution >= 4 is 8.07 Å². The fourth-order valence-corrected chi connectivity index (χ4v) is 5.01. The highest BCUT2D eigenvalue weighted by atomic mass is 28.3. The Morgan fingerprint density at radius 2 is 2.00 bits per heavy atom. The largest absolute Gasteiger partial charge is 0.299 e. The van der Waals surface area contributed by atoms with E-state index in [1.165, 1.54) is 37.4 Å². The molecule has 0 spiro atoms. The van der Waals surface area contributed by atoms with Crippen molar-refractivity contribution in [2.45, 2.75) is 51.0 Å².